The van der Waals surface area contributed by atoms with Crippen LogP contribution in [0.15, 0.2) is 0 Å². The molecule has 1 aliphatic rings. The molecule has 2 unspecified atom stereocenters. The van der Waals surface area contributed by atoms with Gasteiger partial charge in [-0.25, -0.2) is 0 Å². The zero-order valence-electron chi connectivity index (χ0n) is 7.41. The van der Waals surface area contributed by atoms with Crippen molar-refractivity contribution >= 4 is 11.8 Å². The predicted molar refractivity (Wildman–Crippen MR) is 52.4 cm³/mol. The average Bonchev–Trinajstić information content (AvgIpc) is 2.46. The Morgan fingerprint density at radius 1 is 1.17 bits per heavy atom. The standard InChI is InChI=1S/C9H18O2S/c10-5-3-1-2-4-8-6-12-7-9(8)11/h8-11H,1-7H2. The van der Waals surface area contributed by atoms with Crippen molar-refractivity contribution in [2.24, 2.45) is 5.92 Å². The lowest BCUT2D eigenvalue weighted by Gasteiger charge is -2.12. The maximum Gasteiger partial charge on any atom is 0.0666 e. The van der Waals surface area contributed by atoms with E-state index in [9.17, 15) is 5.11 Å². The van der Waals surface area contributed by atoms with E-state index in [2.05, 4.69) is 0 Å². The Kier molecular flexibility index (Phi) is 5.04. The highest BCUT2D eigenvalue weighted by Gasteiger charge is 2.24. The van der Waals surface area contributed by atoms with Gasteiger partial charge in [0.15, 0.2) is 0 Å². The number of aliphatic hydroxyl groups is 2. The summed E-state index contributed by atoms with van der Waals surface area (Å²) in [5.74, 6) is 2.57. The smallest absolute Gasteiger partial charge is 0.0666 e. The van der Waals surface area contributed by atoms with E-state index in [0.717, 1.165) is 37.2 Å². The highest BCUT2D eigenvalue weighted by Crippen LogP contribution is 2.28. The van der Waals surface area contributed by atoms with Gasteiger partial charge in [-0.2, -0.15) is 11.8 Å². The largest absolute Gasteiger partial charge is 0.396 e. The van der Waals surface area contributed by atoms with Gasteiger partial charge < -0.3 is 10.2 Å². The molecule has 72 valence electrons. The van der Waals surface area contributed by atoms with Crippen LogP contribution in [0.1, 0.15) is 25.7 Å². The lowest BCUT2D eigenvalue weighted by atomic mass is 9.99. The molecular weight excluding hydrogens is 172 g/mol. The summed E-state index contributed by atoms with van der Waals surface area (Å²) in [5.41, 5.74) is 0. The van der Waals surface area contributed by atoms with Gasteiger partial charge in [-0.05, 0) is 24.5 Å². The van der Waals surface area contributed by atoms with E-state index in [0.29, 0.717) is 12.5 Å². The number of unbranched alkanes of at least 4 members (excludes halogenated alkanes) is 2. The third kappa shape index (κ3) is 3.33. The van der Waals surface area contributed by atoms with Gasteiger partial charge >= 0.3 is 0 Å². The van der Waals surface area contributed by atoms with Gasteiger partial charge in [0.25, 0.3) is 0 Å². The van der Waals surface area contributed by atoms with Gasteiger partial charge in [0.2, 0.25) is 0 Å². The van der Waals surface area contributed by atoms with Crippen LogP contribution in [0.4, 0.5) is 0 Å². The molecule has 2 N–H and O–H groups in total. The molecule has 0 aromatic carbocycles. The zero-order chi connectivity index (χ0) is 8.81. The lowest BCUT2D eigenvalue weighted by Crippen LogP contribution is -2.17. The molecular formula is C9H18O2S. The van der Waals surface area contributed by atoms with Crippen molar-refractivity contribution in [1.82, 2.24) is 0 Å². The Bertz CT molecular complexity index is 119. The van der Waals surface area contributed by atoms with Crippen LogP contribution in [-0.2, 0) is 0 Å². The van der Waals surface area contributed by atoms with Crippen LogP contribution in [-0.4, -0.2) is 34.4 Å². The summed E-state index contributed by atoms with van der Waals surface area (Å²) in [6, 6.07) is 0. The SMILES string of the molecule is OCCCCCC1CSCC1O. The molecule has 0 aromatic rings. The fourth-order valence-electron chi connectivity index (χ4n) is 1.56. The van der Waals surface area contributed by atoms with Crippen molar-refractivity contribution in [3.05, 3.63) is 0 Å². The molecule has 1 aliphatic heterocycles. The van der Waals surface area contributed by atoms with Crippen molar-refractivity contribution in [2.75, 3.05) is 18.1 Å². The molecule has 0 bridgehead atoms. The Labute approximate surface area is 78.4 Å². The monoisotopic (exact) mass is 190 g/mol. The highest BCUT2D eigenvalue weighted by atomic mass is 32.2. The maximum absolute atomic E-state index is 9.48. The molecule has 1 heterocycles. The van der Waals surface area contributed by atoms with Crippen molar-refractivity contribution in [1.29, 1.82) is 0 Å². The molecule has 1 rings (SSSR count). The van der Waals surface area contributed by atoms with Crippen LogP contribution in [0.5, 0.6) is 0 Å². The van der Waals surface area contributed by atoms with Gasteiger partial charge in [0.05, 0.1) is 6.10 Å². The molecule has 1 saturated heterocycles. The molecule has 2 nitrogen and oxygen atoms in total. The average molecular weight is 190 g/mol. The molecule has 3 heteroatoms. The van der Waals surface area contributed by atoms with Crippen LogP contribution < -0.4 is 0 Å². The molecule has 0 amide bonds. The predicted octanol–water partition coefficient (Wildman–Crippen LogP) is 1.26. The van der Waals surface area contributed by atoms with Crippen LogP contribution >= 0.6 is 11.8 Å². The summed E-state index contributed by atoms with van der Waals surface area (Å²) < 4.78 is 0. The summed E-state index contributed by atoms with van der Waals surface area (Å²) in [5, 5.41) is 18.0. The van der Waals surface area contributed by atoms with E-state index in [-0.39, 0.29) is 6.10 Å². The number of hydrogen-bond acceptors (Lipinski definition) is 3. The van der Waals surface area contributed by atoms with E-state index in [4.69, 9.17) is 5.11 Å². The molecule has 0 spiro atoms. The van der Waals surface area contributed by atoms with E-state index in [1.165, 1.54) is 0 Å². The topological polar surface area (TPSA) is 40.5 Å². The van der Waals surface area contributed by atoms with Crippen molar-refractivity contribution in [2.45, 2.75) is 31.8 Å². The van der Waals surface area contributed by atoms with Crippen LogP contribution in [0.2, 0.25) is 0 Å². The van der Waals surface area contributed by atoms with E-state index < -0.39 is 0 Å². The van der Waals surface area contributed by atoms with E-state index >= 15 is 0 Å². The second-order valence-electron chi connectivity index (χ2n) is 3.44. The summed E-state index contributed by atoms with van der Waals surface area (Å²) in [6.45, 7) is 0.308. The Hall–Kier alpha value is 0.270. The van der Waals surface area contributed by atoms with Crippen LogP contribution in [0.3, 0.4) is 0 Å². The molecule has 2 atom stereocenters. The summed E-state index contributed by atoms with van der Waals surface area (Å²) in [4.78, 5) is 0. The first-order chi connectivity index (χ1) is 5.84. The van der Waals surface area contributed by atoms with Crippen molar-refractivity contribution in [3.8, 4) is 0 Å². The first kappa shape index (κ1) is 10.4. The molecule has 1 fully saturated rings. The molecule has 0 aliphatic carbocycles. The minimum absolute atomic E-state index is 0.0656. The molecule has 0 aromatic heterocycles. The zero-order valence-corrected chi connectivity index (χ0v) is 8.22. The maximum atomic E-state index is 9.48. The third-order valence-corrected chi connectivity index (χ3v) is 3.64. The quantitative estimate of drug-likeness (QED) is 0.641. The fourth-order valence-corrected chi connectivity index (χ4v) is 2.90. The summed E-state index contributed by atoms with van der Waals surface area (Å²) >= 11 is 1.85. The number of hydrogen-bond donors (Lipinski definition) is 2. The van der Waals surface area contributed by atoms with Crippen molar-refractivity contribution in [3.63, 3.8) is 0 Å². The second kappa shape index (κ2) is 5.84. The van der Waals surface area contributed by atoms with Crippen LogP contribution in [0, 0.1) is 5.92 Å². The highest BCUT2D eigenvalue weighted by molar-refractivity contribution is 7.99. The minimum atomic E-state index is -0.0656. The number of rotatable bonds is 5. The normalized spacial score (nSPS) is 29.5. The fraction of sp³-hybridized carbons (Fsp3) is 1.00. The Morgan fingerprint density at radius 3 is 2.58 bits per heavy atom. The number of thioether (sulfide) groups is 1. The van der Waals surface area contributed by atoms with Gasteiger partial charge in [0.1, 0.15) is 0 Å². The summed E-state index contributed by atoms with van der Waals surface area (Å²) in [7, 11) is 0. The van der Waals surface area contributed by atoms with Gasteiger partial charge in [-0.3, -0.25) is 0 Å². The lowest BCUT2D eigenvalue weighted by molar-refractivity contribution is 0.142. The second-order valence-corrected chi connectivity index (χ2v) is 4.51. The van der Waals surface area contributed by atoms with E-state index in [1.807, 2.05) is 11.8 Å². The van der Waals surface area contributed by atoms with Gasteiger partial charge in [0, 0.05) is 12.4 Å². The molecule has 12 heavy (non-hydrogen) atoms. The molecule has 0 saturated carbocycles. The third-order valence-electron chi connectivity index (χ3n) is 2.40. The summed E-state index contributed by atoms with van der Waals surface area (Å²) in [6.07, 6.45) is 4.24. The van der Waals surface area contributed by atoms with Gasteiger partial charge in [-0.15, -0.1) is 0 Å². The first-order valence-corrected chi connectivity index (χ1v) is 5.86. The Morgan fingerprint density at radius 2 is 2.00 bits per heavy atom. The minimum Gasteiger partial charge on any atom is -0.396 e. The first-order valence-electron chi connectivity index (χ1n) is 4.71. The molecule has 0 radical (unpaired) electrons. The Balaban J connectivity index is 1.98. The van der Waals surface area contributed by atoms with E-state index in [1.54, 1.807) is 0 Å². The number of aliphatic hydroxyl groups excluding tert-OH is 2. The van der Waals surface area contributed by atoms with Crippen molar-refractivity contribution < 1.29 is 10.2 Å². The van der Waals surface area contributed by atoms with Gasteiger partial charge in [-0.1, -0.05) is 12.8 Å². The van der Waals surface area contributed by atoms with Crippen LogP contribution in [0.25, 0.3) is 0 Å².